The average molecular weight is 422 g/mol. The normalized spacial score (nSPS) is 11.4. The van der Waals surface area contributed by atoms with Crippen LogP contribution in [0.25, 0.3) is 16.9 Å². The molecule has 2 aromatic heterocycles. The van der Waals surface area contributed by atoms with E-state index in [-0.39, 0.29) is 12.5 Å². The summed E-state index contributed by atoms with van der Waals surface area (Å²) in [7, 11) is 1.61. The molecule has 28 heavy (non-hydrogen) atoms. The first-order valence-corrected chi connectivity index (χ1v) is 9.67. The van der Waals surface area contributed by atoms with Gasteiger partial charge in [-0.25, -0.2) is 14.3 Å². The van der Waals surface area contributed by atoms with Gasteiger partial charge in [-0.1, -0.05) is 37.0 Å². The average Bonchev–Trinajstić information content (AvgIpc) is 3.07. The zero-order valence-electron chi connectivity index (χ0n) is 15.9. The van der Waals surface area contributed by atoms with E-state index in [2.05, 4.69) is 10.1 Å². The minimum absolute atomic E-state index is 0.0465. The third-order valence-electron chi connectivity index (χ3n) is 4.25. The van der Waals surface area contributed by atoms with E-state index >= 15 is 0 Å². The Bertz CT molecular complexity index is 982. The van der Waals surface area contributed by atoms with Gasteiger partial charge in [-0.15, -0.1) is 0 Å². The van der Waals surface area contributed by atoms with E-state index in [1.165, 1.54) is 6.20 Å². The summed E-state index contributed by atoms with van der Waals surface area (Å²) in [6.45, 7) is 4.83. The van der Waals surface area contributed by atoms with Crippen molar-refractivity contribution in [2.24, 2.45) is 0 Å². The topological polar surface area (TPSA) is 65.7 Å². The molecule has 148 valence electrons. The number of hydrogen-bond donors (Lipinski definition) is 0. The van der Waals surface area contributed by atoms with Gasteiger partial charge in [0.1, 0.15) is 0 Å². The van der Waals surface area contributed by atoms with Crippen LogP contribution in [-0.4, -0.2) is 40.9 Å². The second-order valence-electron chi connectivity index (χ2n) is 6.65. The molecule has 0 N–H and O–H groups in total. The maximum absolute atomic E-state index is 12.6. The molecule has 0 unspecified atom stereocenters. The lowest BCUT2D eigenvalue weighted by molar-refractivity contribution is 0.0466. The Balaban J connectivity index is 2.03. The van der Waals surface area contributed by atoms with Crippen LogP contribution in [0.1, 0.15) is 42.1 Å². The van der Waals surface area contributed by atoms with E-state index in [4.69, 9.17) is 32.7 Å². The molecule has 2 heterocycles. The molecule has 0 radical (unpaired) electrons. The highest BCUT2D eigenvalue weighted by molar-refractivity contribution is 6.35. The summed E-state index contributed by atoms with van der Waals surface area (Å²) < 4.78 is 12.0. The Kier molecular flexibility index (Phi) is 6.54. The first kappa shape index (κ1) is 20.6. The molecule has 0 saturated heterocycles. The van der Waals surface area contributed by atoms with Gasteiger partial charge >= 0.3 is 5.97 Å². The van der Waals surface area contributed by atoms with Crippen molar-refractivity contribution in [3.63, 3.8) is 0 Å². The van der Waals surface area contributed by atoms with Crippen molar-refractivity contribution in [1.82, 2.24) is 14.6 Å². The van der Waals surface area contributed by atoms with E-state index in [9.17, 15) is 4.79 Å². The molecule has 0 saturated carbocycles. The number of halogens is 2. The minimum Gasteiger partial charge on any atom is -0.462 e. The minimum atomic E-state index is -0.412. The number of ether oxygens (including phenoxy) is 2. The summed E-state index contributed by atoms with van der Waals surface area (Å²) in [6.07, 6.45) is 3.86. The Morgan fingerprint density at radius 3 is 2.50 bits per heavy atom. The molecule has 0 aliphatic carbocycles. The van der Waals surface area contributed by atoms with E-state index in [1.807, 2.05) is 13.8 Å². The van der Waals surface area contributed by atoms with Crippen LogP contribution in [0, 0.1) is 0 Å². The molecule has 0 aliphatic rings. The van der Waals surface area contributed by atoms with E-state index in [0.717, 1.165) is 16.8 Å². The molecule has 3 rings (SSSR count). The molecular weight excluding hydrogens is 401 g/mol. The van der Waals surface area contributed by atoms with Crippen LogP contribution in [-0.2, 0) is 9.47 Å². The first-order valence-electron chi connectivity index (χ1n) is 8.91. The molecule has 1 aromatic carbocycles. The summed E-state index contributed by atoms with van der Waals surface area (Å²) >= 11 is 12.3. The number of carbonyl (C=O) groups is 1. The molecule has 3 aromatic rings. The Morgan fingerprint density at radius 2 is 1.86 bits per heavy atom. The van der Waals surface area contributed by atoms with Crippen LogP contribution >= 0.6 is 23.2 Å². The van der Waals surface area contributed by atoms with Crippen molar-refractivity contribution in [1.29, 1.82) is 0 Å². The quantitative estimate of drug-likeness (QED) is 0.395. The molecular formula is C20H21Cl2N3O3. The van der Waals surface area contributed by atoms with Crippen LogP contribution in [0.4, 0.5) is 0 Å². The summed E-state index contributed by atoms with van der Waals surface area (Å²) in [6, 6.07) is 5.26. The fourth-order valence-corrected chi connectivity index (χ4v) is 3.55. The van der Waals surface area contributed by atoms with E-state index in [0.29, 0.717) is 34.3 Å². The van der Waals surface area contributed by atoms with Gasteiger partial charge < -0.3 is 9.47 Å². The van der Waals surface area contributed by atoms with Gasteiger partial charge in [0.2, 0.25) is 0 Å². The number of imidazole rings is 1. The van der Waals surface area contributed by atoms with Gasteiger partial charge in [0.25, 0.3) is 0 Å². The SMILES string of the molecule is COCCCOC(=O)c1cnn2c(-c3cc(Cl)cc(Cl)c3)cnc2c1C(C)C. The van der Waals surface area contributed by atoms with Crippen molar-refractivity contribution in [3.05, 3.63) is 51.8 Å². The Labute approximate surface area is 173 Å². The lowest BCUT2D eigenvalue weighted by atomic mass is 10.00. The molecule has 0 amide bonds. The summed E-state index contributed by atoms with van der Waals surface area (Å²) in [5.74, 6) is -0.365. The van der Waals surface area contributed by atoms with Crippen molar-refractivity contribution in [3.8, 4) is 11.3 Å². The van der Waals surface area contributed by atoms with Crippen molar-refractivity contribution in [2.45, 2.75) is 26.2 Å². The lowest BCUT2D eigenvalue weighted by Gasteiger charge is -2.13. The maximum atomic E-state index is 12.6. The Morgan fingerprint density at radius 1 is 1.14 bits per heavy atom. The standard InChI is InChI=1S/C20H21Cl2N3O3/c1-12(2)18-16(20(26)28-6-4-5-27-3)10-24-25-17(11-23-19(18)25)13-7-14(21)9-15(22)8-13/h7-12H,4-6H2,1-3H3. The molecule has 0 atom stereocenters. The summed E-state index contributed by atoms with van der Waals surface area (Å²) in [5.41, 5.74) is 3.34. The van der Waals surface area contributed by atoms with Crippen LogP contribution < -0.4 is 0 Å². The number of aromatic nitrogens is 3. The van der Waals surface area contributed by atoms with Gasteiger partial charge in [0.15, 0.2) is 5.65 Å². The highest BCUT2D eigenvalue weighted by Crippen LogP contribution is 2.30. The summed E-state index contributed by atoms with van der Waals surface area (Å²) in [4.78, 5) is 17.1. The van der Waals surface area contributed by atoms with E-state index < -0.39 is 5.97 Å². The van der Waals surface area contributed by atoms with Gasteiger partial charge in [-0.05, 0) is 24.1 Å². The number of carbonyl (C=O) groups excluding carboxylic acids is 1. The van der Waals surface area contributed by atoms with Crippen LogP contribution in [0.15, 0.2) is 30.6 Å². The second kappa shape index (κ2) is 8.90. The molecule has 0 spiro atoms. The van der Waals surface area contributed by atoms with Crippen LogP contribution in [0.2, 0.25) is 10.0 Å². The number of esters is 1. The number of hydrogen-bond acceptors (Lipinski definition) is 5. The second-order valence-corrected chi connectivity index (χ2v) is 7.52. The lowest BCUT2D eigenvalue weighted by Crippen LogP contribution is -2.14. The molecule has 8 heteroatoms. The molecule has 0 fully saturated rings. The molecule has 0 aliphatic heterocycles. The van der Waals surface area contributed by atoms with Crippen molar-refractivity contribution < 1.29 is 14.3 Å². The highest BCUT2D eigenvalue weighted by atomic mass is 35.5. The monoisotopic (exact) mass is 421 g/mol. The number of rotatable bonds is 7. The highest BCUT2D eigenvalue weighted by Gasteiger charge is 2.22. The number of benzene rings is 1. The van der Waals surface area contributed by atoms with Crippen molar-refractivity contribution >= 4 is 34.8 Å². The fraction of sp³-hybridized carbons (Fsp3) is 0.350. The van der Waals surface area contributed by atoms with Crippen molar-refractivity contribution in [2.75, 3.05) is 20.3 Å². The van der Waals surface area contributed by atoms with Gasteiger partial charge in [-0.2, -0.15) is 5.10 Å². The van der Waals surface area contributed by atoms with Crippen LogP contribution in [0.3, 0.4) is 0 Å². The molecule has 0 bridgehead atoms. The predicted octanol–water partition coefficient (Wildman–Crippen LogP) is 5.02. The van der Waals surface area contributed by atoms with Gasteiger partial charge in [0.05, 0.1) is 30.3 Å². The third-order valence-corrected chi connectivity index (χ3v) is 4.69. The largest absolute Gasteiger partial charge is 0.462 e. The predicted molar refractivity (Wildman–Crippen MR) is 109 cm³/mol. The zero-order valence-corrected chi connectivity index (χ0v) is 17.4. The smallest absolute Gasteiger partial charge is 0.340 e. The molecule has 6 nitrogen and oxygen atoms in total. The zero-order chi connectivity index (χ0) is 20.3. The fourth-order valence-electron chi connectivity index (χ4n) is 3.03. The maximum Gasteiger partial charge on any atom is 0.340 e. The van der Waals surface area contributed by atoms with Crippen LogP contribution in [0.5, 0.6) is 0 Å². The first-order chi connectivity index (χ1) is 13.4. The number of nitrogens with zero attached hydrogens (tertiary/aromatic N) is 3. The number of fused-ring (bicyclic) bond motifs is 1. The summed E-state index contributed by atoms with van der Waals surface area (Å²) in [5, 5.41) is 5.48. The Hall–Kier alpha value is -2.15. The van der Waals surface area contributed by atoms with E-state index in [1.54, 1.807) is 36.0 Å². The third kappa shape index (κ3) is 4.29. The number of methoxy groups -OCH3 is 1. The van der Waals surface area contributed by atoms with Gasteiger partial charge in [0, 0.05) is 41.3 Å². The van der Waals surface area contributed by atoms with Gasteiger partial charge in [-0.3, -0.25) is 0 Å².